The predicted octanol–water partition coefficient (Wildman–Crippen LogP) is 5.62. The van der Waals surface area contributed by atoms with Crippen molar-refractivity contribution in [2.75, 3.05) is 24.3 Å². The summed E-state index contributed by atoms with van der Waals surface area (Å²) in [5.74, 6) is 0.771. The van der Waals surface area contributed by atoms with Gasteiger partial charge in [-0.25, -0.2) is 9.97 Å². The number of benzene rings is 3. The number of rotatable bonds is 5. The van der Waals surface area contributed by atoms with Gasteiger partial charge in [-0.1, -0.05) is 48.5 Å². The van der Waals surface area contributed by atoms with E-state index in [1.54, 1.807) is 6.33 Å². The van der Waals surface area contributed by atoms with Crippen LogP contribution in [0.4, 0.5) is 17.2 Å². The number of hydrogen-bond acceptors (Lipinski definition) is 4. The summed E-state index contributed by atoms with van der Waals surface area (Å²) in [7, 11) is 4.06. The summed E-state index contributed by atoms with van der Waals surface area (Å²) in [6, 6.07) is 29.0. The van der Waals surface area contributed by atoms with E-state index in [0.717, 1.165) is 28.5 Å². The van der Waals surface area contributed by atoms with Gasteiger partial charge >= 0.3 is 0 Å². The Morgan fingerprint density at radius 3 is 2.14 bits per heavy atom. The molecule has 0 atom stereocenters. The quantitative estimate of drug-likeness (QED) is 0.498. The van der Waals surface area contributed by atoms with Crippen LogP contribution in [0.25, 0.3) is 22.4 Å². The molecular formula is C24H22N4. The Bertz CT molecular complexity index is 1060. The van der Waals surface area contributed by atoms with Crippen LogP contribution in [0.5, 0.6) is 0 Å². The van der Waals surface area contributed by atoms with Gasteiger partial charge in [0, 0.05) is 37.1 Å². The van der Waals surface area contributed by atoms with Gasteiger partial charge in [-0.2, -0.15) is 0 Å². The summed E-state index contributed by atoms with van der Waals surface area (Å²) in [4.78, 5) is 10.9. The first-order chi connectivity index (χ1) is 13.7. The second-order valence-corrected chi connectivity index (χ2v) is 6.80. The van der Waals surface area contributed by atoms with Crippen molar-refractivity contribution in [3.8, 4) is 22.4 Å². The molecule has 4 rings (SSSR count). The molecule has 1 aromatic heterocycles. The fourth-order valence-corrected chi connectivity index (χ4v) is 3.06. The van der Waals surface area contributed by atoms with E-state index in [1.807, 2.05) is 38.4 Å². The fraction of sp³-hybridized carbons (Fsp3) is 0.0833. The van der Waals surface area contributed by atoms with Crippen molar-refractivity contribution in [1.29, 1.82) is 0 Å². The number of anilines is 3. The molecule has 4 nitrogen and oxygen atoms in total. The smallest absolute Gasteiger partial charge is 0.134 e. The van der Waals surface area contributed by atoms with Crippen molar-refractivity contribution >= 4 is 17.2 Å². The number of nitrogens with zero attached hydrogens (tertiary/aromatic N) is 3. The van der Waals surface area contributed by atoms with Crippen molar-refractivity contribution in [2.24, 2.45) is 0 Å². The third kappa shape index (κ3) is 4.01. The highest BCUT2D eigenvalue weighted by Gasteiger charge is 2.05. The zero-order valence-corrected chi connectivity index (χ0v) is 16.0. The summed E-state index contributed by atoms with van der Waals surface area (Å²) >= 11 is 0. The molecule has 4 heteroatoms. The molecule has 0 aliphatic heterocycles. The van der Waals surface area contributed by atoms with Gasteiger partial charge in [0.15, 0.2) is 0 Å². The van der Waals surface area contributed by atoms with Gasteiger partial charge in [-0.3, -0.25) is 0 Å². The first-order valence-corrected chi connectivity index (χ1v) is 9.21. The monoisotopic (exact) mass is 366 g/mol. The van der Waals surface area contributed by atoms with Gasteiger partial charge in [-0.15, -0.1) is 0 Å². The lowest BCUT2D eigenvalue weighted by Gasteiger charge is -2.13. The number of nitrogens with one attached hydrogen (secondary N) is 1. The van der Waals surface area contributed by atoms with Gasteiger partial charge in [0.1, 0.15) is 12.1 Å². The molecule has 0 unspecified atom stereocenters. The summed E-state index contributed by atoms with van der Waals surface area (Å²) in [6.07, 6.45) is 1.60. The van der Waals surface area contributed by atoms with E-state index in [4.69, 9.17) is 0 Å². The van der Waals surface area contributed by atoms with Crippen molar-refractivity contribution in [3.05, 3.63) is 91.3 Å². The molecular weight excluding hydrogens is 344 g/mol. The van der Waals surface area contributed by atoms with Crippen LogP contribution in [0.1, 0.15) is 0 Å². The second-order valence-electron chi connectivity index (χ2n) is 6.80. The second kappa shape index (κ2) is 7.92. The van der Waals surface area contributed by atoms with E-state index in [1.165, 1.54) is 11.1 Å². The molecule has 28 heavy (non-hydrogen) atoms. The SMILES string of the molecule is CN(C)c1ccc(Nc2cc(-c3cccc(-c4ccccc4)c3)ncn2)cc1. The Kier molecular flexibility index (Phi) is 5.02. The third-order valence-corrected chi connectivity index (χ3v) is 4.59. The summed E-state index contributed by atoms with van der Waals surface area (Å²) in [5, 5.41) is 3.36. The minimum absolute atomic E-state index is 0.771. The van der Waals surface area contributed by atoms with Crippen LogP contribution in [-0.2, 0) is 0 Å². The van der Waals surface area contributed by atoms with E-state index < -0.39 is 0 Å². The average Bonchev–Trinajstić information content (AvgIpc) is 2.75. The lowest BCUT2D eigenvalue weighted by Crippen LogP contribution is -2.08. The van der Waals surface area contributed by atoms with Crippen LogP contribution in [0, 0.1) is 0 Å². The average molecular weight is 366 g/mol. The van der Waals surface area contributed by atoms with Gasteiger partial charge in [0.25, 0.3) is 0 Å². The normalized spacial score (nSPS) is 10.5. The molecule has 0 aliphatic carbocycles. The van der Waals surface area contributed by atoms with E-state index in [9.17, 15) is 0 Å². The first kappa shape index (κ1) is 17.7. The van der Waals surface area contributed by atoms with Crippen molar-refractivity contribution in [2.45, 2.75) is 0 Å². The van der Waals surface area contributed by atoms with Crippen molar-refractivity contribution in [3.63, 3.8) is 0 Å². The Balaban J connectivity index is 1.59. The summed E-state index contributed by atoms with van der Waals surface area (Å²) < 4.78 is 0. The standard InChI is InChI=1S/C24H22N4/c1-28(2)22-13-11-21(12-14-22)27-24-16-23(25-17-26-24)20-10-6-9-19(15-20)18-7-4-3-5-8-18/h3-17H,1-2H3,(H,25,26,27). The molecule has 0 aliphatic rings. The molecule has 0 bridgehead atoms. The summed E-state index contributed by atoms with van der Waals surface area (Å²) in [6.45, 7) is 0. The number of hydrogen-bond donors (Lipinski definition) is 1. The molecule has 1 N–H and O–H groups in total. The van der Waals surface area contributed by atoms with Crippen LogP contribution < -0.4 is 10.2 Å². The van der Waals surface area contributed by atoms with Gasteiger partial charge in [0.2, 0.25) is 0 Å². The molecule has 138 valence electrons. The maximum absolute atomic E-state index is 4.47. The fourth-order valence-electron chi connectivity index (χ4n) is 3.06. The lowest BCUT2D eigenvalue weighted by atomic mass is 10.0. The molecule has 0 saturated carbocycles. The van der Waals surface area contributed by atoms with Crippen LogP contribution in [-0.4, -0.2) is 24.1 Å². The Labute approximate surface area is 165 Å². The molecule has 0 amide bonds. The molecule has 0 radical (unpaired) electrons. The zero-order chi connectivity index (χ0) is 19.3. The first-order valence-electron chi connectivity index (χ1n) is 9.21. The highest BCUT2D eigenvalue weighted by molar-refractivity contribution is 5.73. The zero-order valence-electron chi connectivity index (χ0n) is 16.0. The molecule has 0 spiro atoms. The highest BCUT2D eigenvalue weighted by Crippen LogP contribution is 2.27. The minimum Gasteiger partial charge on any atom is -0.378 e. The Hall–Kier alpha value is -3.66. The van der Waals surface area contributed by atoms with E-state index >= 15 is 0 Å². The van der Waals surface area contributed by atoms with Crippen molar-refractivity contribution < 1.29 is 0 Å². The van der Waals surface area contributed by atoms with Crippen LogP contribution in [0.2, 0.25) is 0 Å². The predicted molar refractivity (Wildman–Crippen MR) is 117 cm³/mol. The maximum atomic E-state index is 4.47. The van der Waals surface area contributed by atoms with E-state index in [-0.39, 0.29) is 0 Å². The van der Waals surface area contributed by atoms with E-state index in [0.29, 0.717) is 0 Å². The molecule has 1 heterocycles. The van der Waals surface area contributed by atoms with Gasteiger partial charge < -0.3 is 10.2 Å². The molecule has 3 aromatic carbocycles. The van der Waals surface area contributed by atoms with Gasteiger partial charge in [-0.05, 0) is 41.5 Å². The molecule has 0 saturated heterocycles. The molecule has 0 fully saturated rings. The molecule has 4 aromatic rings. The summed E-state index contributed by atoms with van der Waals surface area (Å²) in [5.41, 5.74) is 6.47. The topological polar surface area (TPSA) is 41.0 Å². The lowest BCUT2D eigenvalue weighted by molar-refractivity contribution is 1.13. The van der Waals surface area contributed by atoms with Crippen LogP contribution in [0.3, 0.4) is 0 Å². The highest BCUT2D eigenvalue weighted by atomic mass is 15.1. The van der Waals surface area contributed by atoms with Crippen LogP contribution in [0.15, 0.2) is 91.3 Å². The Morgan fingerprint density at radius 2 is 1.39 bits per heavy atom. The number of aromatic nitrogens is 2. The van der Waals surface area contributed by atoms with E-state index in [2.05, 4.69) is 80.8 Å². The largest absolute Gasteiger partial charge is 0.378 e. The van der Waals surface area contributed by atoms with Crippen molar-refractivity contribution in [1.82, 2.24) is 9.97 Å². The maximum Gasteiger partial charge on any atom is 0.134 e. The Morgan fingerprint density at radius 1 is 0.679 bits per heavy atom. The third-order valence-electron chi connectivity index (χ3n) is 4.59. The minimum atomic E-state index is 0.771. The van der Waals surface area contributed by atoms with Gasteiger partial charge in [0.05, 0.1) is 5.69 Å². The van der Waals surface area contributed by atoms with Crippen LogP contribution >= 0.6 is 0 Å².